The third kappa shape index (κ3) is 6.09. The highest BCUT2D eigenvalue weighted by molar-refractivity contribution is 6.31. The van der Waals surface area contributed by atoms with E-state index in [0.717, 1.165) is 17.7 Å². The predicted molar refractivity (Wildman–Crippen MR) is 122 cm³/mol. The van der Waals surface area contributed by atoms with E-state index in [9.17, 15) is 23.2 Å². The Morgan fingerprint density at radius 3 is 2.47 bits per heavy atom. The summed E-state index contributed by atoms with van der Waals surface area (Å²) in [7, 11) is 1.43. The summed E-state index contributed by atoms with van der Waals surface area (Å²) in [6.07, 6.45) is -3.42. The molecule has 0 heterocycles. The van der Waals surface area contributed by atoms with E-state index in [1.54, 1.807) is 30.3 Å². The number of benzene rings is 3. The fourth-order valence-electron chi connectivity index (χ4n) is 3.01. The van der Waals surface area contributed by atoms with Crippen molar-refractivity contribution in [3.05, 3.63) is 94.0 Å². The van der Waals surface area contributed by atoms with Gasteiger partial charge in [-0.2, -0.15) is 18.4 Å². The van der Waals surface area contributed by atoms with Crippen molar-refractivity contribution in [1.82, 2.24) is 0 Å². The lowest BCUT2D eigenvalue weighted by Gasteiger charge is -2.13. The van der Waals surface area contributed by atoms with E-state index in [0.29, 0.717) is 22.1 Å². The van der Waals surface area contributed by atoms with E-state index < -0.39 is 23.3 Å². The second-order valence-electron chi connectivity index (χ2n) is 6.96. The molecule has 0 aliphatic heterocycles. The summed E-state index contributed by atoms with van der Waals surface area (Å²) in [6.45, 7) is 0.190. The van der Waals surface area contributed by atoms with Crippen LogP contribution in [0.25, 0.3) is 6.08 Å². The maximum absolute atomic E-state index is 13.2. The zero-order valence-electron chi connectivity index (χ0n) is 17.8. The number of nitrogens with one attached hydrogen (secondary N) is 1. The lowest BCUT2D eigenvalue weighted by atomic mass is 10.1. The Bertz CT molecular complexity index is 1270. The number of amides is 1. The molecule has 0 radical (unpaired) electrons. The van der Waals surface area contributed by atoms with Crippen molar-refractivity contribution in [3.8, 4) is 17.6 Å². The molecular weight excluding hydrogens is 469 g/mol. The van der Waals surface area contributed by atoms with Gasteiger partial charge in [-0.25, -0.2) is 0 Å². The van der Waals surface area contributed by atoms with Crippen molar-refractivity contribution in [2.45, 2.75) is 12.8 Å². The Hall–Kier alpha value is -3.96. The maximum Gasteiger partial charge on any atom is 0.418 e. The summed E-state index contributed by atoms with van der Waals surface area (Å²) in [6, 6.07) is 18.1. The minimum atomic E-state index is -4.66. The minimum Gasteiger partial charge on any atom is -0.493 e. The molecule has 9 heteroatoms. The van der Waals surface area contributed by atoms with E-state index in [-0.39, 0.29) is 12.2 Å². The van der Waals surface area contributed by atoms with Crippen molar-refractivity contribution in [2.24, 2.45) is 0 Å². The lowest BCUT2D eigenvalue weighted by Crippen LogP contribution is -2.17. The van der Waals surface area contributed by atoms with Gasteiger partial charge in [-0.1, -0.05) is 48.0 Å². The average molecular weight is 487 g/mol. The summed E-state index contributed by atoms with van der Waals surface area (Å²) >= 11 is 6.14. The summed E-state index contributed by atoms with van der Waals surface area (Å²) in [5, 5.41) is 12.1. The topological polar surface area (TPSA) is 71.3 Å². The van der Waals surface area contributed by atoms with Crippen LogP contribution in [0.5, 0.6) is 11.5 Å². The fourth-order valence-corrected chi connectivity index (χ4v) is 3.20. The number of carbonyl (C=O) groups excluding carboxylic acids is 1. The van der Waals surface area contributed by atoms with Gasteiger partial charge in [-0.3, -0.25) is 4.79 Å². The Kier molecular flexibility index (Phi) is 7.82. The van der Waals surface area contributed by atoms with Gasteiger partial charge in [0.15, 0.2) is 11.5 Å². The Morgan fingerprint density at radius 1 is 1.09 bits per heavy atom. The van der Waals surface area contributed by atoms with E-state index >= 15 is 0 Å². The Balaban J connectivity index is 1.80. The highest BCUT2D eigenvalue weighted by atomic mass is 35.5. The number of ether oxygens (including phenoxy) is 2. The monoisotopic (exact) mass is 486 g/mol. The van der Waals surface area contributed by atoms with Gasteiger partial charge in [0.05, 0.1) is 18.4 Å². The lowest BCUT2D eigenvalue weighted by molar-refractivity contribution is -0.137. The zero-order valence-corrected chi connectivity index (χ0v) is 18.6. The van der Waals surface area contributed by atoms with Crippen LogP contribution in [0, 0.1) is 11.3 Å². The van der Waals surface area contributed by atoms with Gasteiger partial charge in [0.25, 0.3) is 5.91 Å². The van der Waals surface area contributed by atoms with Crippen LogP contribution in [0.4, 0.5) is 18.9 Å². The molecule has 0 unspecified atom stereocenters. The molecule has 0 saturated carbocycles. The molecule has 3 rings (SSSR count). The zero-order chi connectivity index (χ0) is 24.7. The number of halogens is 4. The number of methoxy groups -OCH3 is 1. The highest BCUT2D eigenvalue weighted by Gasteiger charge is 2.33. The van der Waals surface area contributed by atoms with Gasteiger partial charge in [-0.15, -0.1) is 0 Å². The van der Waals surface area contributed by atoms with Gasteiger partial charge in [-0.05, 0) is 42.0 Å². The minimum absolute atomic E-state index is 0.190. The fraction of sp³-hybridized carbons (Fsp3) is 0.120. The van der Waals surface area contributed by atoms with E-state index in [4.69, 9.17) is 21.1 Å². The van der Waals surface area contributed by atoms with E-state index in [2.05, 4.69) is 5.32 Å². The van der Waals surface area contributed by atoms with Gasteiger partial charge in [0.2, 0.25) is 0 Å². The van der Waals surface area contributed by atoms with Crippen LogP contribution in [-0.4, -0.2) is 13.0 Å². The molecule has 0 saturated heterocycles. The average Bonchev–Trinajstić information content (AvgIpc) is 2.82. The van der Waals surface area contributed by atoms with E-state index in [1.165, 1.54) is 31.4 Å². The third-order valence-electron chi connectivity index (χ3n) is 4.69. The first-order valence-corrected chi connectivity index (χ1v) is 10.2. The van der Waals surface area contributed by atoms with Crippen LogP contribution in [0.1, 0.15) is 16.7 Å². The summed E-state index contributed by atoms with van der Waals surface area (Å²) < 4.78 is 50.6. The Labute approximate surface area is 199 Å². The molecule has 0 fully saturated rings. The summed E-state index contributed by atoms with van der Waals surface area (Å²) in [4.78, 5) is 12.5. The van der Waals surface area contributed by atoms with Crippen LogP contribution in [-0.2, 0) is 17.6 Å². The second-order valence-corrected chi connectivity index (χ2v) is 7.36. The first-order chi connectivity index (χ1) is 16.2. The second kappa shape index (κ2) is 10.8. The molecule has 1 N–H and O–H groups in total. The smallest absolute Gasteiger partial charge is 0.418 e. The first kappa shape index (κ1) is 24.7. The number of nitrogens with zero attached hydrogens (tertiary/aromatic N) is 1. The summed E-state index contributed by atoms with van der Waals surface area (Å²) in [5.41, 5.74) is -0.649. The molecular formula is C25H18ClF3N2O3. The number of nitriles is 1. The third-order valence-corrected chi connectivity index (χ3v) is 5.05. The molecule has 0 aliphatic carbocycles. The van der Waals surface area contributed by atoms with Crippen LogP contribution in [0.3, 0.4) is 0 Å². The van der Waals surface area contributed by atoms with Gasteiger partial charge < -0.3 is 14.8 Å². The summed E-state index contributed by atoms with van der Waals surface area (Å²) in [5.74, 6) is -0.236. The first-order valence-electron chi connectivity index (χ1n) is 9.86. The van der Waals surface area contributed by atoms with Crippen LogP contribution >= 0.6 is 11.6 Å². The van der Waals surface area contributed by atoms with Crippen molar-refractivity contribution in [3.63, 3.8) is 0 Å². The number of carbonyl (C=O) groups is 1. The number of anilines is 1. The predicted octanol–water partition coefficient (Wildman–Crippen LogP) is 6.49. The molecule has 5 nitrogen and oxygen atoms in total. The molecule has 0 aliphatic rings. The number of hydrogen-bond donors (Lipinski definition) is 1. The molecule has 0 bridgehead atoms. The van der Waals surface area contributed by atoms with Gasteiger partial charge in [0.1, 0.15) is 18.2 Å². The number of para-hydroxylation sites is 1. The molecule has 0 aromatic heterocycles. The quantitative estimate of drug-likeness (QED) is 0.306. The highest BCUT2D eigenvalue weighted by Crippen LogP contribution is 2.35. The van der Waals surface area contributed by atoms with Crippen molar-refractivity contribution < 1.29 is 27.4 Å². The molecule has 3 aromatic rings. The number of hydrogen-bond acceptors (Lipinski definition) is 4. The van der Waals surface area contributed by atoms with Crippen molar-refractivity contribution in [1.29, 1.82) is 5.26 Å². The van der Waals surface area contributed by atoms with Gasteiger partial charge in [0, 0.05) is 10.6 Å². The molecule has 0 spiro atoms. The Morgan fingerprint density at radius 2 is 1.79 bits per heavy atom. The number of alkyl halides is 3. The van der Waals surface area contributed by atoms with Gasteiger partial charge >= 0.3 is 6.18 Å². The van der Waals surface area contributed by atoms with Crippen LogP contribution < -0.4 is 14.8 Å². The molecule has 0 atom stereocenters. The van der Waals surface area contributed by atoms with Crippen LogP contribution in [0.2, 0.25) is 5.02 Å². The number of rotatable bonds is 7. The largest absolute Gasteiger partial charge is 0.493 e. The SMILES string of the molecule is COc1cc(C=C(C#N)C(=O)Nc2ccccc2C(F)(F)F)ccc1OCc1ccccc1Cl. The van der Waals surface area contributed by atoms with Crippen molar-refractivity contribution >= 4 is 29.3 Å². The molecule has 34 heavy (non-hydrogen) atoms. The maximum atomic E-state index is 13.2. The van der Waals surface area contributed by atoms with Crippen molar-refractivity contribution in [2.75, 3.05) is 12.4 Å². The normalized spacial score (nSPS) is 11.5. The molecule has 1 amide bonds. The van der Waals surface area contributed by atoms with Crippen LogP contribution in [0.15, 0.2) is 72.3 Å². The molecule has 3 aromatic carbocycles. The van der Waals surface area contributed by atoms with E-state index in [1.807, 2.05) is 12.1 Å². The molecule has 174 valence electrons. The standard InChI is InChI=1S/C25H18ClF3N2O3/c1-33-23-13-16(10-11-22(23)34-15-17-6-2-4-8-20(17)26)12-18(14-30)24(32)31-21-9-5-3-7-19(21)25(27,28)29/h2-13H,15H2,1H3,(H,31,32).